The van der Waals surface area contributed by atoms with Gasteiger partial charge in [0.25, 0.3) is 5.91 Å². The van der Waals surface area contributed by atoms with Crippen molar-refractivity contribution in [3.8, 4) is 6.07 Å². The molecule has 0 radical (unpaired) electrons. The molecule has 1 aliphatic carbocycles. The minimum atomic E-state index is -0.488. The van der Waals surface area contributed by atoms with Crippen molar-refractivity contribution in [2.45, 2.75) is 32.0 Å². The fourth-order valence-corrected chi connectivity index (χ4v) is 3.26. The molecule has 0 bridgehead atoms. The van der Waals surface area contributed by atoms with Crippen LogP contribution < -0.4 is 0 Å². The van der Waals surface area contributed by atoms with Crippen LogP contribution in [0, 0.1) is 17.2 Å². The zero-order valence-electron chi connectivity index (χ0n) is 13.5. The number of carbonyl (C=O) groups is 1. The first-order valence-electron chi connectivity index (χ1n) is 8.17. The van der Waals surface area contributed by atoms with Gasteiger partial charge in [0.1, 0.15) is 17.9 Å². The molecule has 1 atom stereocenters. The van der Waals surface area contributed by atoms with Gasteiger partial charge in [-0.25, -0.2) is 0 Å². The lowest BCUT2D eigenvalue weighted by Gasteiger charge is -2.27. The Balaban J connectivity index is 1.54. The Bertz CT molecular complexity index is 840. The van der Waals surface area contributed by atoms with Crippen LogP contribution in [0.3, 0.4) is 0 Å². The van der Waals surface area contributed by atoms with Crippen LogP contribution in [0.15, 0.2) is 18.3 Å². The number of rotatable bonds is 3. The van der Waals surface area contributed by atoms with E-state index in [9.17, 15) is 9.90 Å². The van der Waals surface area contributed by atoms with Crippen LogP contribution in [0.25, 0.3) is 0 Å². The number of aromatic nitrogens is 3. The topological polar surface area (TPSA) is 87.1 Å². The maximum atomic E-state index is 12.7. The molecule has 4 rings (SSSR count). The van der Waals surface area contributed by atoms with Crippen molar-refractivity contribution in [3.63, 3.8) is 0 Å². The van der Waals surface area contributed by atoms with Gasteiger partial charge in [0.15, 0.2) is 0 Å². The molecule has 1 fully saturated rings. The average molecular weight is 325 g/mol. The Morgan fingerprint density at radius 2 is 2.21 bits per heavy atom. The highest BCUT2D eigenvalue weighted by Crippen LogP contribution is 2.40. The predicted molar refractivity (Wildman–Crippen MR) is 84.8 cm³/mol. The summed E-state index contributed by atoms with van der Waals surface area (Å²) in [5.74, 6) is 0.253. The minimum absolute atomic E-state index is 0.0873. The van der Waals surface area contributed by atoms with Crippen LogP contribution in [0.2, 0.25) is 0 Å². The third-order valence-corrected chi connectivity index (χ3v) is 4.83. The summed E-state index contributed by atoms with van der Waals surface area (Å²) >= 11 is 0. The Morgan fingerprint density at radius 1 is 1.42 bits per heavy atom. The normalized spacial score (nSPS) is 18.1. The van der Waals surface area contributed by atoms with Gasteiger partial charge in [-0.15, -0.1) is 0 Å². The van der Waals surface area contributed by atoms with E-state index in [1.807, 2.05) is 10.7 Å². The van der Waals surface area contributed by atoms with Crippen LogP contribution in [0.5, 0.6) is 0 Å². The van der Waals surface area contributed by atoms with Crippen LogP contribution in [-0.2, 0) is 20.1 Å². The van der Waals surface area contributed by atoms with Gasteiger partial charge in [0.05, 0.1) is 30.0 Å². The number of nitriles is 1. The fraction of sp³-hybridized carbons (Fsp3) is 0.471. The SMILES string of the molecule is Cn1cc(C#N)cc1C(=O)N1CCn2nc([C@@H](O)C3CC3)cc2C1. The molecule has 1 N–H and O–H groups in total. The summed E-state index contributed by atoms with van der Waals surface area (Å²) in [4.78, 5) is 14.5. The van der Waals surface area contributed by atoms with Crippen molar-refractivity contribution >= 4 is 5.91 Å². The highest BCUT2D eigenvalue weighted by Gasteiger charge is 2.34. The van der Waals surface area contributed by atoms with E-state index in [2.05, 4.69) is 11.2 Å². The molecule has 0 aromatic carbocycles. The van der Waals surface area contributed by atoms with E-state index in [0.717, 1.165) is 18.5 Å². The van der Waals surface area contributed by atoms with E-state index in [1.165, 1.54) is 0 Å². The molecule has 7 nitrogen and oxygen atoms in total. The Hall–Kier alpha value is -2.59. The summed E-state index contributed by atoms with van der Waals surface area (Å²) in [6.07, 6.45) is 3.29. The highest BCUT2D eigenvalue weighted by molar-refractivity contribution is 5.93. The third kappa shape index (κ3) is 2.49. The van der Waals surface area contributed by atoms with Crippen molar-refractivity contribution in [2.75, 3.05) is 6.54 Å². The fourth-order valence-electron chi connectivity index (χ4n) is 3.26. The Morgan fingerprint density at radius 3 is 2.88 bits per heavy atom. The molecule has 0 spiro atoms. The van der Waals surface area contributed by atoms with Crippen molar-refractivity contribution in [3.05, 3.63) is 41.0 Å². The van der Waals surface area contributed by atoms with Gasteiger partial charge in [0.2, 0.25) is 0 Å². The van der Waals surface area contributed by atoms with Gasteiger partial charge in [-0.1, -0.05) is 0 Å². The second kappa shape index (κ2) is 5.49. The van der Waals surface area contributed by atoms with Crippen molar-refractivity contribution < 1.29 is 9.90 Å². The molecule has 1 saturated carbocycles. The number of aliphatic hydroxyl groups is 1. The van der Waals surface area contributed by atoms with Crippen LogP contribution in [0.1, 0.15) is 46.4 Å². The van der Waals surface area contributed by atoms with Crippen molar-refractivity contribution in [2.24, 2.45) is 13.0 Å². The summed E-state index contributed by atoms with van der Waals surface area (Å²) in [6.45, 7) is 1.66. The lowest BCUT2D eigenvalue weighted by Crippen LogP contribution is -2.39. The van der Waals surface area contributed by atoms with Crippen LogP contribution in [0.4, 0.5) is 0 Å². The lowest BCUT2D eigenvalue weighted by atomic mass is 10.1. The first-order chi connectivity index (χ1) is 11.6. The Kier molecular flexibility index (Phi) is 3.43. The number of hydrogen-bond acceptors (Lipinski definition) is 4. The van der Waals surface area contributed by atoms with E-state index >= 15 is 0 Å². The zero-order valence-corrected chi connectivity index (χ0v) is 13.5. The maximum absolute atomic E-state index is 12.7. The summed E-state index contributed by atoms with van der Waals surface area (Å²) in [7, 11) is 1.77. The van der Waals surface area contributed by atoms with Gasteiger partial charge < -0.3 is 14.6 Å². The molecular formula is C17H19N5O2. The number of carbonyl (C=O) groups excluding carboxylic acids is 1. The number of amides is 1. The number of fused-ring (bicyclic) bond motifs is 1. The van der Waals surface area contributed by atoms with E-state index in [1.54, 1.807) is 28.8 Å². The molecule has 0 unspecified atom stereocenters. The molecule has 0 saturated heterocycles. The first-order valence-corrected chi connectivity index (χ1v) is 8.17. The number of nitrogens with zero attached hydrogens (tertiary/aromatic N) is 5. The van der Waals surface area contributed by atoms with E-state index in [0.29, 0.717) is 42.5 Å². The minimum Gasteiger partial charge on any atom is -0.386 e. The molecule has 3 heterocycles. The van der Waals surface area contributed by atoms with Gasteiger partial charge in [-0.3, -0.25) is 9.48 Å². The second-order valence-corrected chi connectivity index (χ2v) is 6.63. The molecule has 1 amide bonds. The smallest absolute Gasteiger partial charge is 0.270 e. The van der Waals surface area contributed by atoms with Crippen LogP contribution >= 0.6 is 0 Å². The van der Waals surface area contributed by atoms with Crippen molar-refractivity contribution in [1.29, 1.82) is 5.26 Å². The molecule has 2 aromatic heterocycles. The van der Waals surface area contributed by atoms with Gasteiger partial charge in [-0.05, 0) is 30.9 Å². The summed E-state index contributed by atoms with van der Waals surface area (Å²) in [5.41, 5.74) is 2.65. The lowest BCUT2D eigenvalue weighted by molar-refractivity contribution is 0.0696. The van der Waals surface area contributed by atoms with Gasteiger partial charge in [-0.2, -0.15) is 10.4 Å². The summed E-state index contributed by atoms with van der Waals surface area (Å²) in [5, 5.41) is 23.7. The van der Waals surface area contributed by atoms with E-state index in [-0.39, 0.29) is 5.91 Å². The third-order valence-electron chi connectivity index (χ3n) is 4.83. The highest BCUT2D eigenvalue weighted by atomic mass is 16.3. The molecular weight excluding hydrogens is 306 g/mol. The molecule has 24 heavy (non-hydrogen) atoms. The number of aliphatic hydroxyl groups excluding tert-OH is 1. The molecule has 2 aliphatic rings. The van der Waals surface area contributed by atoms with E-state index in [4.69, 9.17) is 5.26 Å². The van der Waals surface area contributed by atoms with Crippen LogP contribution in [-0.4, -0.2) is 36.8 Å². The molecule has 1 aliphatic heterocycles. The predicted octanol–water partition coefficient (Wildman–Crippen LogP) is 1.19. The monoisotopic (exact) mass is 325 g/mol. The quantitative estimate of drug-likeness (QED) is 0.918. The molecule has 7 heteroatoms. The maximum Gasteiger partial charge on any atom is 0.270 e. The van der Waals surface area contributed by atoms with Crippen molar-refractivity contribution in [1.82, 2.24) is 19.2 Å². The Labute approximate surface area is 139 Å². The van der Waals surface area contributed by atoms with Gasteiger partial charge in [0, 0.05) is 19.8 Å². The van der Waals surface area contributed by atoms with Gasteiger partial charge >= 0.3 is 0 Å². The number of hydrogen-bond donors (Lipinski definition) is 1. The first kappa shape index (κ1) is 15.0. The number of aryl methyl sites for hydroxylation is 1. The largest absolute Gasteiger partial charge is 0.386 e. The molecule has 2 aromatic rings. The summed E-state index contributed by atoms with van der Waals surface area (Å²) < 4.78 is 3.57. The molecule has 124 valence electrons. The second-order valence-electron chi connectivity index (χ2n) is 6.63. The zero-order chi connectivity index (χ0) is 16.8. The standard InChI is InChI=1S/C17H19N5O2/c1-20-9-11(8-18)6-15(20)17(24)21-4-5-22-13(10-21)7-14(19-22)16(23)12-2-3-12/h6-7,9,12,16,23H,2-5,10H2,1H3/t16-/m0/s1. The average Bonchev–Trinajstić information content (AvgIpc) is 3.24. The summed E-state index contributed by atoms with van der Waals surface area (Å²) in [6, 6.07) is 5.59. The van der Waals surface area contributed by atoms with E-state index < -0.39 is 6.10 Å².